The maximum atomic E-state index is 12.5. The van der Waals surface area contributed by atoms with Crippen LogP contribution in [0.4, 0.5) is 0 Å². The van der Waals surface area contributed by atoms with Crippen molar-refractivity contribution in [3.63, 3.8) is 0 Å². The summed E-state index contributed by atoms with van der Waals surface area (Å²) in [5, 5.41) is 3.25. The molecule has 1 fully saturated rings. The molecule has 1 aliphatic rings. The van der Waals surface area contributed by atoms with E-state index in [1.54, 1.807) is 19.2 Å². The quantitative estimate of drug-likeness (QED) is 0.838. The van der Waals surface area contributed by atoms with Crippen molar-refractivity contribution >= 4 is 10.0 Å². The van der Waals surface area contributed by atoms with Crippen LogP contribution >= 0.6 is 0 Å². The Morgan fingerprint density at radius 2 is 2.05 bits per heavy atom. The first-order valence-electron chi connectivity index (χ1n) is 7.21. The first-order valence-corrected chi connectivity index (χ1v) is 8.65. The third-order valence-corrected chi connectivity index (χ3v) is 5.63. The van der Waals surface area contributed by atoms with E-state index in [1.807, 2.05) is 19.9 Å². The van der Waals surface area contributed by atoms with Crippen LogP contribution in [0, 0.1) is 12.8 Å². The standard InChI is InChI=1S/C15H24N2O2S/c1-4-16-10-14-9-15(8-5-12(14)2)20(18,19)17(3)11-13-6-7-13/h5,8-9,13,16H,4,6-7,10-11H2,1-3H3. The SMILES string of the molecule is CCNCc1cc(S(=O)(=O)N(C)CC2CC2)ccc1C. The fourth-order valence-electron chi connectivity index (χ4n) is 2.20. The van der Waals surface area contributed by atoms with Crippen molar-refractivity contribution < 1.29 is 8.42 Å². The monoisotopic (exact) mass is 296 g/mol. The van der Waals surface area contributed by atoms with Crippen LogP contribution in [0.2, 0.25) is 0 Å². The Labute approximate surface area is 122 Å². The average Bonchev–Trinajstić information content (AvgIpc) is 3.21. The van der Waals surface area contributed by atoms with E-state index >= 15 is 0 Å². The molecule has 4 nitrogen and oxygen atoms in total. The van der Waals surface area contributed by atoms with E-state index in [4.69, 9.17) is 0 Å². The number of nitrogens with zero attached hydrogens (tertiary/aromatic N) is 1. The molecule has 20 heavy (non-hydrogen) atoms. The first-order chi connectivity index (χ1) is 9.45. The number of sulfonamides is 1. The van der Waals surface area contributed by atoms with Gasteiger partial charge in [0.15, 0.2) is 0 Å². The highest BCUT2D eigenvalue weighted by atomic mass is 32.2. The largest absolute Gasteiger partial charge is 0.313 e. The zero-order valence-electron chi connectivity index (χ0n) is 12.5. The molecule has 1 aromatic rings. The van der Waals surface area contributed by atoms with Crippen molar-refractivity contribution in [1.29, 1.82) is 0 Å². The van der Waals surface area contributed by atoms with Gasteiger partial charge in [-0.05, 0) is 55.5 Å². The van der Waals surface area contributed by atoms with Crippen LogP contribution in [-0.4, -0.2) is 32.9 Å². The Bertz CT molecular complexity index is 565. The molecule has 0 amide bonds. The van der Waals surface area contributed by atoms with E-state index in [-0.39, 0.29) is 0 Å². The molecule has 1 N–H and O–H groups in total. The maximum absolute atomic E-state index is 12.5. The number of aryl methyl sites for hydroxylation is 1. The molecular formula is C15H24N2O2S. The average molecular weight is 296 g/mol. The van der Waals surface area contributed by atoms with Crippen LogP contribution in [0.3, 0.4) is 0 Å². The van der Waals surface area contributed by atoms with Crippen LogP contribution in [-0.2, 0) is 16.6 Å². The lowest BCUT2D eigenvalue weighted by molar-refractivity contribution is 0.453. The number of benzene rings is 1. The van der Waals surface area contributed by atoms with E-state index in [2.05, 4.69) is 5.32 Å². The molecule has 1 aliphatic carbocycles. The van der Waals surface area contributed by atoms with Crippen molar-refractivity contribution in [3.05, 3.63) is 29.3 Å². The van der Waals surface area contributed by atoms with Gasteiger partial charge in [-0.15, -0.1) is 0 Å². The number of hydrogen-bond donors (Lipinski definition) is 1. The molecule has 0 aliphatic heterocycles. The summed E-state index contributed by atoms with van der Waals surface area (Å²) >= 11 is 0. The fraction of sp³-hybridized carbons (Fsp3) is 0.600. The van der Waals surface area contributed by atoms with Crippen molar-refractivity contribution in [2.75, 3.05) is 20.1 Å². The lowest BCUT2D eigenvalue weighted by atomic mass is 10.1. The Morgan fingerprint density at radius 3 is 2.65 bits per heavy atom. The van der Waals surface area contributed by atoms with Gasteiger partial charge in [-0.1, -0.05) is 13.0 Å². The predicted molar refractivity (Wildman–Crippen MR) is 81.1 cm³/mol. The van der Waals surface area contributed by atoms with Gasteiger partial charge in [-0.25, -0.2) is 12.7 Å². The van der Waals surface area contributed by atoms with E-state index in [9.17, 15) is 8.42 Å². The minimum atomic E-state index is -3.35. The zero-order valence-corrected chi connectivity index (χ0v) is 13.3. The maximum Gasteiger partial charge on any atom is 0.242 e. The molecule has 2 rings (SSSR count). The third-order valence-electron chi connectivity index (χ3n) is 3.81. The molecule has 0 spiro atoms. The van der Waals surface area contributed by atoms with Gasteiger partial charge in [0, 0.05) is 20.1 Å². The fourth-order valence-corrected chi connectivity index (χ4v) is 3.50. The third kappa shape index (κ3) is 3.59. The molecule has 0 atom stereocenters. The molecule has 0 radical (unpaired) electrons. The number of rotatable bonds is 7. The van der Waals surface area contributed by atoms with Crippen LogP contribution in [0.1, 0.15) is 30.9 Å². The van der Waals surface area contributed by atoms with Crippen molar-refractivity contribution in [2.45, 2.75) is 38.1 Å². The van der Waals surface area contributed by atoms with Crippen molar-refractivity contribution in [3.8, 4) is 0 Å². The van der Waals surface area contributed by atoms with Gasteiger partial charge in [0.2, 0.25) is 10.0 Å². The molecule has 0 bridgehead atoms. The smallest absolute Gasteiger partial charge is 0.242 e. The van der Waals surface area contributed by atoms with Crippen LogP contribution in [0.15, 0.2) is 23.1 Å². The summed E-state index contributed by atoms with van der Waals surface area (Å²) in [5.41, 5.74) is 2.17. The highest BCUT2D eigenvalue weighted by Gasteiger charge is 2.29. The van der Waals surface area contributed by atoms with Crippen molar-refractivity contribution in [1.82, 2.24) is 9.62 Å². The highest BCUT2D eigenvalue weighted by Crippen LogP contribution is 2.31. The molecule has 0 aromatic heterocycles. The topological polar surface area (TPSA) is 49.4 Å². The van der Waals surface area contributed by atoms with E-state index in [0.717, 1.165) is 30.5 Å². The Balaban J connectivity index is 2.21. The Kier molecular flexibility index (Phi) is 4.83. The number of hydrogen-bond acceptors (Lipinski definition) is 3. The van der Waals surface area contributed by atoms with Gasteiger partial charge in [0.1, 0.15) is 0 Å². The minimum Gasteiger partial charge on any atom is -0.313 e. The molecule has 0 heterocycles. The van der Waals surface area contributed by atoms with Gasteiger partial charge in [0.05, 0.1) is 4.90 Å². The minimum absolute atomic E-state index is 0.402. The Morgan fingerprint density at radius 1 is 1.35 bits per heavy atom. The lowest BCUT2D eigenvalue weighted by Gasteiger charge is -2.18. The van der Waals surface area contributed by atoms with E-state index in [0.29, 0.717) is 23.9 Å². The first kappa shape index (κ1) is 15.5. The molecule has 0 unspecified atom stereocenters. The second-order valence-electron chi connectivity index (χ2n) is 5.60. The molecule has 0 saturated heterocycles. The normalized spacial score (nSPS) is 15.8. The summed E-state index contributed by atoms with van der Waals surface area (Å²) in [4.78, 5) is 0.402. The molecule has 112 valence electrons. The molecule has 5 heteroatoms. The van der Waals surface area contributed by atoms with Gasteiger partial charge in [-0.3, -0.25) is 0 Å². The van der Waals surface area contributed by atoms with E-state index in [1.165, 1.54) is 4.31 Å². The summed E-state index contributed by atoms with van der Waals surface area (Å²) in [6.45, 7) is 6.27. The van der Waals surface area contributed by atoms with Crippen molar-refractivity contribution in [2.24, 2.45) is 5.92 Å². The van der Waals surface area contributed by atoms with Crippen LogP contribution < -0.4 is 5.32 Å². The van der Waals surface area contributed by atoms with Crippen LogP contribution in [0.25, 0.3) is 0 Å². The summed E-state index contributed by atoms with van der Waals surface area (Å²) < 4.78 is 26.6. The van der Waals surface area contributed by atoms with Gasteiger partial charge >= 0.3 is 0 Å². The summed E-state index contributed by atoms with van der Waals surface area (Å²) in [5.74, 6) is 0.557. The summed E-state index contributed by atoms with van der Waals surface area (Å²) in [6, 6.07) is 5.41. The van der Waals surface area contributed by atoms with E-state index < -0.39 is 10.0 Å². The predicted octanol–water partition coefficient (Wildman–Crippen LogP) is 2.14. The molecule has 1 aromatic carbocycles. The highest BCUT2D eigenvalue weighted by molar-refractivity contribution is 7.89. The second-order valence-corrected chi connectivity index (χ2v) is 7.64. The molecular weight excluding hydrogens is 272 g/mol. The van der Waals surface area contributed by atoms with Gasteiger partial charge < -0.3 is 5.32 Å². The summed E-state index contributed by atoms with van der Waals surface area (Å²) in [6.07, 6.45) is 2.30. The number of nitrogens with one attached hydrogen (secondary N) is 1. The second kappa shape index (κ2) is 6.24. The Hall–Kier alpha value is -0.910. The van der Waals surface area contributed by atoms with Crippen LogP contribution in [0.5, 0.6) is 0 Å². The lowest BCUT2D eigenvalue weighted by Crippen LogP contribution is -2.29. The van der Waals surface area contributed by atoms with Gasteiger partial charge in [0.25, 0.3) is 0 Å². The van der Waals surface area contributed by atoms with Gasteiger partial charge in [-0.2, -0.15) is 0 Å². The zero-order chi connectivity index (χ0) is 14.8. The summed E-state index contributed by atoms with van der Waals surface area (Å²) in [7, 11) is -1.67. The molecule has 1 saturated carbocycles.